The highest BCUT2D eigenvalue weighted by Crippen LogP contribution is 2.64. The van der Waals surface area contributed by atoms with Crippen LogP contribution in [0.5, 0.6) is 0 Å². The summed E-state index contributed by atoms with van der Waals surface area (Å²) in [4.78, 5) is 38.6. The van der Waals surface area contributed by atoms with Gasteiger partial charge < -0.3 is 10.2 Å². The molecule has 4 aliphatic rings. The number of carbonyl (C=O) groups is 2. The Morgan fingerprint density at radius 2 is 1.85 bits per heavy atom. The maximum absolute atomic E-state index is 13.2. The van der Waals surface area contributed by atoms with Crippen molar-refractivity contribution in [2.24, 2.45) is 28.6 Å². The minimum atomic E-state index is -0.447. The first kappa shape index (κ1) is 23.1. The standard InChI is InChI=1S/C27H35N3O4/c1-26-13-4-5-21(26)19-10-11-23-27(2,22(19)12-14-26)15-20(25(32)29(23)3)24(31)28-16-17-6-8-18(9-7-17)30(33)34/h6-9,15,19,21-23H,4-5,10-14,16H2,1-3H3,(H,28,31)/t19-,21-,22+,23?,26-,27+/m0/s1. The van der Waals surface area contributed by atoms with Crippen LogP contribution in [-0.2, 0) is 16.1 Å². The monoisotopic (exact) mass is 465 g/mol. The number of nitro benzene ring substituents is 1. The van der Waals surface area contributed by atoms with E-state index in [2.05, 4.69) is 19.2 Å². The van der Waals surface area contributed by atoms with E-state index in [0.717, 1.165) is 17.9 Å². The molecule has 0 saturated heterocycles. The Morgan fingerprint density at radius 1 is 1.12 bits per heavy atom. The Bertz CT molecular complexity index is 1050. The average Bonchev–Trinajstić information content (AvgIpc) is 3.22. The lowest BCUT2D eigenvalue weighted by molar-refractivity contribution is -0.384. The fourth-order valence-corrected chi connectivity index (χ4v) is 8.06. The van der Waals surface area contributed by atoms with E-state index >= 15 is 0 Å². The van der Waals surface area contributed by atoms with Crippen LogP contribution in [-0.4, -0.2) is 34.7 Å². The number of hydrogen-bond acceptors (Lipinski definition) is 4. The van der Waals surface area contributed by atoms with Crippen LogP contribution < -0.4 is 5.32 Å². The summed E-state index contributed by atoms with van der Waals surface area (Å²) in [7, 11) is 1.85. The quantitative estimate of drug-likeness (QED) is 0.399. The van der Waals surface area contributed by atoms with Crippen LogP contribution in [0.1, 0.15) is 64.4 Å². The fourth-order valence-electron chi connectivity index (χ4n) is 8.06. The van der Waals surface area contributed by atoms with E-state index in [0.29, 0.717) is 17.3 Å². The molecule has 3 aliphatic carbocycles. The maximum atomic E-state index is 13.2. The summed E-state index contributed by atoms with van der Waals surface area (Å²) in [6.45, 7) is 4.98. The van der Waals surface area contributed by atoms with Gasteiger partial charge in [-0.2, -0.15) is 0 Å². The molecular weight excluding hydrogens is 430 g/mol. The first-order chi connectivity index (χ1) is 16.1. The van der Waals surface area contributed by atoms with Crippen LogP contribution in [0.3, 0.4) is 0 Å². The van der Waals surface area contributed by atoms with E-state index in [1.165, 1.54) is 50.7 Å². The van der Waals surface area contributed by atoms with Gasteiger partial charge in [-0.15, -0.1) is 0 Å². The molecule has 1 unspecified atom stereocenters. The average molecular weight is 466 g/mol. The van der Waals surface area contributed by atoms with Gasteiger partial charge in [0.1, 0.15) is 5.57 Å². The molecule has 2 amide bonds. The van der Waals surface area contributed by atoms with Crippen LogP contribution in [0, 0.1) is 38.7 Å². The molecule has 1 aromatic rings. The van der Waals surface area contributed by atoms with Crippen LogP contribution in [0.2, 0.25) is 0 Å². The molecule has 0 radical (unpaired) electrons. The molecule has 0 bridgehead atoms. The van der Waals surface area contributed by atoms with Gasteiger partial charge in [0.05, 0.1) is 4.92 Å². The number of benzene rings is 1. The van der Waals surface area contributed by atoms with Crippen molar-refractivity contribution in [3.63, 3.8) is 0 Å². The topological polar surface area (TPSA) is 92.6 Å². The van der Waals surface area contributed by atoms with Gasteiger partial charge in [0.2, 0.25) is 0 Å². The highest BCUT2D eigenvalue weighted by molar-refractivity contribution is 6.19. The Morgan fingerprint density at radius 3 is 2.56 bits per heavy atom. The molecule has 182 valence electrons. The predicted octanol–water partition coefficient (Wildman–Crippen LogP) is 4.61. The minimum Gasteiger partial charge on any atom is -0.348 e. The number of likely N-dealkylation sites (N-methyl/N-ethyl adjacent to an activating group) is 1. The zero-order chi connectivity index (χ0) is 24.3. The van der Waals surface area contributed by atoms with Crippen molar-refractivity contribution in [2.45, 2.75) is 71.4 Å². The lowest BCUT2D eigenvalue weighted by atomic mass is 9.48. The second kappa shape index (κ2) is 8.21. The molecule has 1 aromatic carbocycles. The Kier molecular flexibility index (Phi) is 5.57. The van der Waals surface area contributed by atoms with Crippen molar-refractivity contribution < 1.29 is 14.5 Å². The molecule has 3 saturated carbocycles. The number of hydrogen-bond donors (Lipinski definition) is 1. The van der Waals surface area contributed by atoms with Gasteiger partial charge >= 0.3 is 0 Å². The van der Waals surface area contributed by atoms with Gasteiger partial charge in [0.25, 0.3) is 17.5 Å². The van der Waals surface area contributed by atoms with Crippen molar-refractivity contribution in [2.75, 3.05) is 7.05 Å². The highest BCUT2D eigenvalue weighted by Gasteiger charge is 2.59. The Balaban J connectivity index is 1.38. The molecule has 1 heterocycles. The van der Waals surface area contributed by atoms with Gasteiger partial charge in [0, 0.05) is 37.2 Å². The van der Waals surface area contributed by atoms with E-state index in [1.54, 1.807) is 12.1 Å². The van der Waals surface area contributed by atoms with E-state index in [-0.39, 0.29) is 41.1 Å². The molecule has 3 fully saturated rings. The van der Waals surface area contributed by atoms with Crippen LogP contribution in [0.4, 0.5) is 5.69 Å². The van der Waals surface area contributed by atoms with Crippen molar-refractivity contribution in [3.05, 3.63) is 51.6 Å². The molecule has 7 heteroatoms. The van der Waals surface area contributed by atoms with Crippen LogP contribution in [0.15, 0.2) is 35.9 Å². The molecule has 1 aliphatic heterocycles. The molecular formula is C27H35N3O4. The van der Waals surface area contributed by atoms with E-state index < -0.39 is 4.92 Å². The Hall–Kier alpha value is -2.70. The van der Waals surface area contributed by atoms with Crippen LogP contribution in [0.25, 0.3) is 0 Å². The number of amides is 2. The van der Waals surface area contributed by atoms with E-state index in [1.807, 2.05) is 18.0 Å². The largest absolute Gasteiger partial charge is 0.348 e. The summed E-state index contributed by atoms with van der Waals surface area (Å²) in [6.07, 6.45) is 10.6. The first-order valence-corrected chi connectivity index (χ1v) is 12.7. The van der Waals surface area contributed by atoms with Crippen molar-refractivity contribution in [3.8, 4) is 0 Å². The molecule has 34 heavy (non-hydrogen) atoms. The number of carbonyl (C=O) groups excluding carboxylic acids is 2. The smallest absolute Gasteiger partial charge is 0.269 e. The normalized spacial score (nSPS) is 36.7. The molecule has 7 nitrogen and oxygen atoms in total. The summed E-state index contributed by atoms with van der Waals surface area (Å²) in [5, 5.41) is 13.7. The number of non-ortho nitro benzene ring substituents is 1. The Labute approximate surface area is 201 Å². The summed E-state index contributed by atoms with van der Waals surface area (Å²) in [5.74, 6) is 1.36. The molecule has 0 aromatic heterocycles. The van der Waals surface area contributed by atoms with Gasteiger partial charge in [0.15, 0.2) is 0 Å². The molecule has 1 N–H and O–H groups in total. The predicted molar refractivity (Wildman–Crippen MR) is 129 cm³/mol. The van der Waals surface area contributed by atoms with Crippen LogP contribution >= 0.6 is 0 Å². The third kappa shape index (κ3) is 3.55. The zero-order valence-corrected chi connectivity index (χ0v) is 20.4. The minimum absolute atomic E-state index is 0.0125. The summed E-state index contributed by atoms with van der Waals surface area (Å²) in [5.41, 5.74) is 1.28. The van der Waals surface area contributed by atoms with Gasteiger partial charge in [-0.05, 0) is 67.3 Å². The summed E-state index contributed by atoms with van der Waals surface area (Å²) in [6, 6.07) is 6.25. The second-order valence-electron chi connectivity index (χ2n) is 11.5. The zero-order valence-electron chi connectivity index (χ0n) is 20.4. The lowest BCUT2D eigenvalue weighted by Crippen LogP contribution is -2.61. The van der Waals surface area contributed by atoms with Crippen molar-refractivity contribution in [1.29, 1.82) is 0 Å². The second-order valence-corrected chi connectivity index (χ2v) is 11.5. The number of nitro groups is 1. The third-order valence-corrected chi connectivity index (χ3v) is 9.83. The maximum Gasteiger partial charge on any atom is 0.269 e. The summed E-state index contributed by atoms with van der Waals surface area (Å²) < 4.78 is 0. The van der Waals surface area contributed by atoms with E-state index in [9.17, 15) is 19.7 Å². The van der Waals surface area contributed by atoms with Gasteiger partial charge in [-0.3, -0.25) is 19.7 Å². The first-order valence-electron chi connectivity index (χ1n) is 12.7. The molecule has 6 atom stereocenters. The van der Waals surface area contributed by atoms with Crippen molar-refractivity contribution in [1.82, 2.24) is 10.2 Å². The number of rotatable bonds is 4. The number of nitrogens with zero attached hydrogens (tertiary/aromatic N) is 2. The molecule has 5 rings (SSSR count). The van der Waals surface area contributed by atoms with Gasteiger partial charge in [-0.1, -0.05) is 38.5 Å². The lowest BCUT2D eigenvalue weighted by Gasteiger charge is -2.60. The molecule has 0 spiro atoms. The summed E-state index contributed by atoms with van der Waals surface area (Å²) >= 11 is 0. The number of fused-ring (bicyclic) bond motifs is 5. The third-order valence-electron chi connectivity index (χ3n) is 9.83. The highest BCUT2D eigenvalue weighted by atomic mass is 16.6. The fraction of sp³-hybridized carbons (Fsp3) is 0.630. The van der Waals surface area contributed by atoms with E-state index in [4.69, 9.17) is 0 Å². The van der Waals surface area contributed by atoms with Crippen molar-refractivity contribution >= 4 is 17.5 Å². The SMILES string of the molecule is CN1C(=O)C(C(=O)NCc2ccc([N+](=O)[O-])cc2)=C[C@@]2(C)C1CC[C@@H]1[C@H]2CC[C@]2(C)CCC[C@@H]12. The van der Waals surface area contributed by atoms with Gasteiger partial charge in [-0.25, -0.2) is 0 Å². The number of nitrogens with one attached hydrogen (secondary N) is 1.